The van der Waals surface area contributed by atoms with Crippen LogP contribution in [0.15, 0.2) is 29.1 Å². The van der Waals surface area contributed by atoms with Crippen LogP contribution in [0.5, 0.6) is 0 Å². The number of hydrogen-bond donors (Lipinski definition) is 1. The zero-order valence-electron chi connectivity index (χ0n) is 13.0. The third kappa shape index (κ3) is 3.56. The van der Waals surface area contributed by atoms with Gasteiger partial charge in [0.2, 0.25) is 0 Å². The Hall–Kier alpha value is -2.70. The number of aromatic nitrogens is 2. The van der Waals surface area contributed by atoms with Gasteiger partial charge in [0, 0.05) is 11.9 Å². The van der Waals surface area contributed by atoms with Gasteiger partial charge in [-0.1, -0.05) is 31.5 Å². The molecule has 0 saturated heterocycles. The van der Waals surface area contributed by atoms with Gasteiger partial charge in [-0.3, -0.25) is 9.59 Å². The van der Waals surface area contributed by atoms with Gasteiger partial charge in [-0.2, -0.15) is 5.10 Å². The van der Waals surface area contributed by atoms with Gasteiger partial charge in [0.25, 0.3) is 11.5 Å². The van der Waals surface area contributed by atoms with E-state index in [0.29, 0.717) is 17.3 Å². The summed E-state index contributed by atoms with van der Waals surface area (Å²) in [6.07, 6.45) is 1.63. The molecule has 2 aromatic rings. The van der Waals surface area contributed by atoms with E-state index in [2.05, 4.69) is 10.4 Å². The molecule has 23 heavy (non-hydrogen) atoms. The molecule has 0 spiro atoms. The maximum atomic E-state index is 12.4. The Morgan fingerprint density at radius 1 is 1.30 bits per heavy atom. The minimum atomic E-state index is -1.39. The van der Waals surface area contributed by atoms with E-state index in [1.165, 1.54) is 11.6 Å². The fraction of sp³-hybridized carbons (Fsp3) is 0.375. The van der Waals surface area contributed by atoms with Gasteiger partial charge in [-0.15, -0.1) is 0 Å². The Balaban J connectivity index is 2.53. The Labute approximate surface area is 132 Å². The van der Waals surface area contributed by atoms with Gasteiger partial charge in [0.1, 0.15) is 0 Å². The second-order valence-corrected chi connectivity index (χ2v) is 5.29. The molecule has 0 aliphatic carbocycles. The number of rotatable bonds is 6. The number of fused-ring (bicyclic) bond motifs is 1. The van der Waals surface area contributed by atoms with E-state index >= 15 is 0 Å². The molecular weight excluding hydrogens is 298 g/mol. The third-order valence-corrected chi connectivity index (χ3v) is 3.51. The molecule has 0 aliphatic heterocycles. The molecule has 0 fully saturated rings. The highest BCUT2D eigenvalue weighted by Crippen LogP contribution is 2.13. The van der Waals surface area contributed by atoms with E-state index in [-0.39, 0.29) is 11.3 Å². The summed E-state index contributed by atoms with van der Waals surface area (Å²) in [4.78, 5) is 35.5. The molecule has 7 heteroatoms. The van der Waals surface area contributed by atoms with Crippen LogP contribution in [0.3, 0.4) is 0 Å². The highest BCUT2D eigenvalue weighted by atomic mass is 16.4. The summed E-state index contributed by atoms with van der Waals surface area (Å²) in [5.41, 5.74) is -0.233. The lowest BCUT2D eigenvalue weighted by atomic mass is 10.1. The number of carboxylic acid groups (broad SMARTS) is 1. The number of carbonyl (C=O) groups is 2. The van der Waals surface area contributed by atoms with Crippen LogP contribution >= 0.6 is 0 Å². The van der Waals surface area contributed by atoms with Crippen LogP contribution in [0, 0.1) is 0 Å². The zero-order valence-corrected chi connectivity index (χ0v) is 13.0. The van der Waals surface area contributed by atoms with Gasteiger partial charge in [0.05, 0.1) is 17.4 Å². The first kappa shape index (κ1) is 16.7. The average molecular weight is 316 g/mol. The summed E-state index contributed by atoms with van der Waals surface area (Å²) >= 11 is 0. The Morgan fingerprint density at radius 3 is 2.57 bits per heavy atom. The second kappa shape index (κ2) is 7.04. The van der Waals surface area contributed by atoms with Crippen LogP contribution in [0.1, 0.15) is 37.2 Å². The van der Waals surface area contributed by atoms with Crippen molar-refractivity contribution in [2.45, 2.75) is 39.3 Å². The minimum Gasteiger partial charge on any atom is -0.548 e. The quantitative estimate of drug-likeness (QED) is 0.812. The molecule has 122 valence electrons. The standard InChI is InChI=1S/C16H19N3O4/c1-3-4-9-19-15(21)12-8-6-5-7-11(12)13(18-19)14(20)17-10(2)16(22)23/h5-8,10H,3-4,9H2,1-2H3,(H,17,20)(H,22,23)/p-1/t10-/m0/s1. The zero-order chi connectivity index (χ0) is 17.0. The predicted octanol–water partition coefficient (Wildman–Crippen LogP) is 0.0648. The van der Waals surface area contributed by atoms with Crippen LogP contribution in [-0.4, -0.2) is 27.7 Å². The number of unbranched alkanes of at least 4 members (excludes halogenated alkanes) is 1. The second-order valence-electron chi connectivity index (χ2n) is 5.29. The van der Waals surface area contributed by atoms with Gasteiger partial charge in [-0.25, -0.2) is 4.68 Å². The molecule has 1 amide bonds. The summed E-state index contributed by atoms with van der Waals surface area (Å²) in [7, 11) is 0. The molecule has 1 aromatic carbocycles. The van der Waals surface area contributed by atoms with E-state index < -0.39 is 17.9 Å². The monoisotopic (exact) mass is 316 g/mol. The van der Waals surface area contributed by atoms with E-state index in [0.717, 1.165) is 12.8 Å². The number of hydrogen-bond acceptors (Lipinski definition) is 5. The number of carboxylic acids is 1. The van der Waals surface area contributed by atoms with Crippen molar-refractivity contribution in [1.29, 1.82) is 0 Å². The van der Waals surface area contributed by atoms with Gasteiger partial charge >= 0.3 is 0 Å². The van der Waals surface area contributed by atoms with Crippen molar-refractivity contribution in [3.05, 3.63) is 40.3 Å². The largest absolute Gasteiger partial charge is 0.548 e. The molecule has 1 heterocycles. The van der Waals surface area contributed by atoms with Crippen molar-refractivity contribution in [1.82, 2.24) is 15.1 Å². The number of amides is 1. The molecule has 0 saturated carbocycles. The molecule has 1 N–H and O–H groups in total. The number of aliphatic carboxylic acids is 1. The van der Waals surface area contributed by atoms with Gasteiger partial charge < -0.3 is 15.2 Å². The van der Waals surface area contributed by atoms with E-state index in [1.807, 2.05) is 6.92 Å². The number of nitrogens with one attached hydrogen (secondary N) is 1. The van der Waals surface area contributed by atoms with Crippen LogP contribution in [-0.2, 0) is 11.3 Å². The lowest BCUT2D eigenvalue weighted by molar-refractivity contribution is -0.307. The summed E-state index contributed by atoms with van der Waals surface area (Å²) in [6.45, 7) is 3.69. The van der Waals surface area contributed by atoms with E-state index in [4.69, 9.17) is 0 Å². The molecular formula is C16H18N3O4-. The fourth-order valence-corrected chi connectivity index (χ4v) is 2.19. The molecule has 0 unspecified atom stereocenters. The first-order valence-electron chi connectivity index (χ1n) is 7.47. The molecule has 1 aromatic heterocycles. The fourth-order valence-electron chi connectivity index (χ4n) is 2.19. The topological polar surface area (TPSA) is 104 Å². The van der Waals surface area contributed by atoms with Crippen LogP contribution in [0.4, 0.5) is 0 Å². The van der Waals surface area contributed by atoms with Crippen LogP contribution < -0.4 is 16.0 Å². The Bertz CT molecular complexity index is 798. The Kier molecular flexibility index (Phi) is 5.10. The highest BCUT2D eigenvalue weighted by Gasteiger charge is 2.18. The van der Waals surface area contributed by atoms with Crippen molar-refractivity contribution in [3.8, 4) is 0 Å². The number of carbonyl (C=O) groups excluding carboxylic acids is 2. The molecule has 0 aliphatic rings. The summed E-state index contributed by atoms with van der Waals surface area (Å²) < 4.78 is 1.25. The minimum absolute atomic E-state index is 0.0319. The molecule has 2 rings (SSSR count). The molecule has 1 atom stereocenters. The summed E-state index contributed by atoms with van der Waals surface area (Å²) in [5.74, 6) is -2.04. The molecule has 7 nitrogen and oxygen atoms in total. The number of aryl methyl sites for hydroxylation is 1. The maximum Gasteiger partial charge on any atom is 0.274 e. The van der Waals surface area contributed by atoms with Crippen LogP contribution in [0.25, 0.3) is 10.8 Å². The predicted molar refractivity (Wildman–Crippen MR) is 82.8 cm³/mol. The summed E-state index contributed by atoms with van der Waals surface area (Å²) in [5, 5.41) is 18.0. The molecule has 0 bridgehead atoms. The average Bonchev–Trinajstić information content (AvgIpc) is 2.54. The van der Waals surface area contributed by atoms with Crippen molar-refractivity contribution in [3.63, 3.8) is 0 Å². The number of nitrogens with zero attached hydrogens (tertiary/aromatic N) is 2. The Morgan fingerprint density at radius 2 is 1.96 bits per heavy atom. The van der Waals surface area contributed by atoms with Crippen molar-refractivity contribution >= 4 is 22.6 Å². The smallest absolute Gasteiger partial charge is 0.274 e. The van der Waals surface area contributed by atoms with Crippen LogP contribution in [0.2, 0.25) is 0 Å². The molecule has 0 radical (unpaired) electrons. The van der Waals surface area contributed by atoms with E-state index in [1.54, 1.807) is 24.3 Å². The lowest BCUT2D eigenvalue weighted by Gasteiger charge is -2.16. The van der Waals surface area contributed by atoms with Crippen molar-refractivity contribution in [2.75, 3.05) is 0 Å². The van der Waals surface area contributed by atoms with Crippen molar-refractivity contribution in [2.24, 2.45) is 0 Å². The SMILES string of the molecule is CCCCn1nc(C(=O)N[C@@H](C)C(=O)[O-])c2ccccc2c1=O. The van der Waals surface area contributed by atoms with Gasteiger partial charge in [0.15, 0.2) is 5.69 Å². The van der Waals surface area contributed by atoms with E-state index in [9.17, 15) is 19.5 Å². The maximum absolute atomic E-state index is 12.4. The summed E-state index contributed by atoms with van der Waals surface area (Å²) in [6, 6.07) is 5.49. The normalized spacial score (nSPS) is 12.1. The lowest BCUT2D eigenvalue weighted by Crippen LogP contribution is -2.46. The third-order valence-electron chi connectivity index (χ3n) is 3.51. The van der Waals surface area contributed by atoms with Gasteiger partial charge in [-0.05, 0) is 19.4 Å². The first-order chi connectivity index (χ1) is 11.0. The number of benzene rings is 1. The first-order valence-corrected chi connectivity index (χ1v) is 7.47. The highest BCUT2D eigenvalue weighted by molar-refractivity contribution is 6.05. The van der Waals surface area contributed by atoms with Crippen molar-refractivity contribution < 1.29 is 14.7 Å².